The molecular formula is C13H14Br2N2O3S. The van der Waals surface area contributed by atoms with E-state index in [1.807, 2.05) is 13.8 Å². The zero-order valence-corrected chi connectivity index (χ0v) is 15.5. The highest BCUT2D eigenvalue weighted by Gasteiger charge is 2.19. The second-order valence-corrected chi connectivity index (χ2v) is 7.87. The highest BCUT2D eigenvalue weighted by molar-refractivity contribution is 9.11. The van der Waals surface area contributed by atoms with Gasteiger partial charge >= 0.3 is 0 Å². The molecule has 0 bridgehead atoms. The Hall–Kier alpha value is -0.700. The molecule has 1 N–H and O–H groups in total. The number of aromatic nitrogens is 1. The summed E-state index contributed by atoms with van der Waals surface area (Å²) >= 11 is 6.62. The average Bonchev–Trinajstić information content (AvgIpc) is 2.88. The molecule has 0 fully saturated rings. The van der Waals surface area contributed by atoms with Crippen molar-refractivity contribution in [1.29, 1.82) is 0 Å². The third kappa shape index (κ3) is 3.94. The van der Waals surface area contributed by atoms with Gasteiger partial charge in [0.1, 0.15) is 5.76 Å². The number of sulfonamides is 1. The number of halogens is 2. The summed E-state index contributed by atoms with van der Waals surface area (Å²) in [5.74, 6) is 1.07. The summed E-state index contributed by atoms with van der Waals surface area (Å²) in [5, 5.41) is 0. The van der Waals surface area contributed by atoms with E-state index < -0.39 is 10.0 Å². The molecule has 0 aliphatic carbocycles. The number of benzene rings is 1. The largest absolute Gasteiger partial charge is 0.444 e. The van der Waals surface area contributed by atoms with Gasteiger partial charge in [0.15, 0.2) is 0 Å². The van der Waals surface area contributed by atoms with Crippen molar-refractivity contribution in [3.63, 3.8) is 0 Å². The monoisotopic (exact) mass is 436 g/mol. The molecule has 2 aromatic rings. The van der Waals surface area contributed by atoms with Crippen molar-refractivity contribution < 1.29 is 12.8 Å². The van der Waals surface area contributed by atoms with Crippen LogP contribution in [0.25, 0.3) is 0 Å². The van der Waals surface area contributed by atoms with Crippen LogP contribution >= 0.6 is 31.9 Å². The first-order valence-corrected chi connectivity index (χ1v) is 9.29. The number of nitrogens with zero attached hydrogens (tertiary/aromatic N) is 1. The van der Waals surface area contributed by atoms with Gasteiger partial charge in [0.25, 0.3) is 0 Å². The quantitative estimate of drug-likeness (QED) is 0.776. The number of rotatable bonds is 5. The van der Waals surface area contributed by atoms with Gasteiger partial charge in [-0.1, -0.05) is 22.9 Å². The van der Waals surface area contributed by atoms with Gasteiger partial charge in [0.05, 0.1) is 17.6 Å². The van der Waals surface area contributed by atoms with Crippen LogP contribution in [0, 0.1) is 6.92 Å². The van der Waals surface area contributed by atoms with E-state index in [9.17, 15) is 8.42 Å². The van der Waals surface area contributed by atoms with Crippen molar-refractivity contribution in [3.8, 4) is 0 Å². The second-order valence-electron chi connectivity index (χ2n) is 4.43. The van der Waals surface area contributed by atoms with Gasteiger partial charge in [0.2, 0.25) is 15.9 Å². The fraction of sp³-hybridized carbons (Fsp3) is 0.308. The standard InChI is InChI=1S/C13H14Br2N2O3S/c1-3-9-6-16-13(20-9)7-17-21(18,19)12-5-10(14)8(2)4-11(12)15/h4-6,17H,3,7H2,1-2H3. The van der Waals surface area contributed by atoms with Crippen molar-refractivity contribution in [1.82, 2.24) is 9.71 Å². The molecule has 5 nitrogen and oxygen atoms in total. The van der Waals surface area contributed by atoms with Gasteiger partial charge in [-0.3, -0.25) is 0 Å². The zero-order valence-electron chi connectivity index (χ0n) is 11.5. The normalized spacial score (nSPS) is 11.8. The Balaban J connectivity index is 2.20. The Morgan fingerprint density at radius 3 is 2.62 bits per heavy atom. The number of hydrogen-bond acceptors (Lipinski definition) is 4. The van der Waals surface area contributed by atoms with Gasteiger partial charge < -0.3 is 4.42 Å². The van der Waals surface area contributed by atoms with Crippen LogP contribution in [0.15, 0.2) is 36.6 Å². The fourth-order valence-corrected chi connectivity index (χ4v) is 4.31. The van der Waals surface area contributed by atoms with E-state index in [0.29, 0.717) is 10.4 Å². The highest BCUT2D eigenvalue weighted by atomic mass is 79.9. The predicted molar refractivity (Wildman–Crippen MR) is 86.5 cm³/mol. The first kappa shape index (κ1) is 16.7. The van der Waals surface area contributed by atoms with E-state index >= 15 is 0 Å². The van der Waals surface area contributed by atoms with Crippen LogP contribution in [0.2, 0.25) is 0 Å². The Morgan fingerprint density at radius 2 is 2.00 bits per heavy atom. The fourth-order valence-electron chi connectivity index (χ4n) is 1.66. The molecule has 0 unspecified atom stereocenters. The topological polar surface area (TPSA) is 72.2 Å². The molecule has 8 heteroatoms. The first-order valence-electron chi connectivity index (χ1n) is 6.22. The van der Waals surface area contributed by atoms with Gasteiger partial charge in [-0.2, -0.15) is 0 Å². The van der Waals surface area contributed by atoms with Crippen LogP contribution in [0.1, 0.15) is 24.1 Å². The summed E-state index contributed by atoms with van der Waals surface area (Å²) in [6.45, 7) is 3.84. The molecule has 0 saturated carbocycles. The lowest BCUT2D eigenvalue weighted by molar-refractivity contribution is 0.452. The van der Waals surface area contributed by atoms with E-state index in [1.165, 1.54) is 0 Å². The lowest BCUT2D eigenvalue weighted by Gasteiger charge is -2.09. The van der Waals surface area contributed by atoms with E-state index in [2.05, 4.69) is 41.6 Å². The molecule has 0 amide bonds. The van der Waals surface area contributed by atoms with Crippen molar-refractivity contribution in [3.05, 3.63) is 44.5 Å². The molecule has 1 aromatic heterocycles. The van der Waals surface area contributed by atoms with Crippen LogP contribution in [0.5, 0.6) is 0 Å². The van der Waals surface area contributed by atoms with E-state index in [0.717, 1.165) is 22.2 Å². The summed E-state index contributed by atoms with van der Waals surface area (Å²) in [5.41, 5.74) is 0.945. The van der Waals surface area contributed by atoms with Gasteiger partial charge in [0, 0.05) is 15.4 Å². The minimum Gasteiger partial charge on any atom is -0.444 e. The summed E-state index contributed by atoms with van der Waals surface area (Å²) < 4.78 is 33.8. The third-order valence-corrected chi connectivity index (χ3v) is 6.08. The Morgan fingerprint density at radius 1 is 1.29 bits per heavy atom. The van der Waals surface area contributed by atoms with Crippen LogP contribution in [-0.4, -0.2) is 13.4 Å². The van der Waals surface area contributed by atoms with E-state index in [1.54, 1.807) is 18.3 Å². The van der Waals surface area contributed by atoms with E-state index in [-0.39, 0.29) is 11.4 Å². The van der Waals surface area contributed by atoms with Gasteiger partial charge in [-0.25, -0.2) is 18.1 Å². The predicted octanol–water partition coefficient (Wildman–Crippen LogP) is 3.55. The van der Waals surface area contributed by atoms with Crippen LogP contribution in [0.3, 0.4) is 0 Å². The zero-order chi connectivity index (χ0) is 15.6. The van der Waals surface area contributed by atoms with E-state index in [4.69, 9.17) is 4.42 Å². The summed E-state index contributed by atoms with van der Waals surface area (Å²) in [7, 11) is -3.65. The molecule has 21 heavy (non-hydrogen) atoms. The lowest BCUT2D eigenvalue weighted by atomic mass is 10.2. The minimum absolute atomic E-state index is 0.0142. The van der Waals surface area contributed by atoms with Crippen LogP contribution in [0.4, 0.5) is 0 Å². The van der Waals surface area contributed by atoms with Crippen molar-refractivity contribution in [2.75, 3.05) is 0 Å². The van der Waals surface area contributed by atoms with Crippen molar-refractivity contribution in [2.45, 2.75) is 31.7 Å². The second kappa shape index (κ2) is 6.60. The number of oxazole rings is 1. The summed E-state index contributed by atoms with van der Waals surface area (Å²) in [6.07, 6.45) is 2.32. The molecule has 0 aliphatic heterocycles. The maximum absolute atomic E-state index is 12.3. The lowest BCUT2D eigenvalue weighted by Crippen LogP contribution is -2.23. The molecule has 0 aliphatic rings. The Kier molecular flexibility index (Phi) is 5.24. The van der Waals surface area contributed by atoms with Gasteiger partial charge in [-0.05, 0) is 40.5 Å². The number of hydrogen-bond donors (Lipinski definition) is 1. The van der Waals surface area contributed by atoms with Crippen LogP contribution in [-0.2, 0) is 23.0 Å². The van der Waals surface area contributed by atoms with Crippen LogP contribution < -0.4 is 4.72 Å². The molecule has 114 valence electrons. The molecule has 2 rings (SSSR count). The maximum Gasteiger partial charge on any atom is 0.242 e. The minimum atomic E-state index is -3.65. The first-order chi connectivity index (χ1) is 9.83. The molecule has 0 saturated heterocycles. The van der Waals surface area contributed by atoms with Crippen molar-refractivity contribution in [2.24, 2.45) is 0 Å². The number of aryl methyl sites for hydroxylation is 2. The number of nitrogens with one attached hydrogen (secondary N) is 1. The smallest absolute Gasteiger partial charge is 0.242 e. The van der Waals surface area contributed by atoms with Crippen molar-refractivity contribution >= 4 is 41.9 Å². The summed E-state index contributed by atoms with van der Waals surface area (Å²) in [6, 6.07) is 3.31. The summed E-state index contributed by atoms with van der Waals surface area (Å²) in [4.78, 5) is 4.19. The maximum atomic E-state index is 12.3. The SMILES string of the molecule is CCc1cnc(CNS(=O)(=O)c2cc(Br)c(C)cc2Br)o1. The average molecular weight is 438 g/mol. The highest BCUT2D eigenvalue weighted by Crippen LogP contribution is 2.28. The molecule has 0 radical (unpaired) electrons. The molecule has 1 heterocycles. The molecule has 0 spiro atoms. The molecular weight excluding hydrogens is 424 g/mol. The Labute approximate surface area is 140 Å². The molecule has 0 atom stereocenters. The Bertz CT molecular complexity index is 757. The van der Waals surface area contributed by atoms with Gasteiger partial charge in [-0.15, -0.1) is 0 Å². The molecule has 1 aromatic carbocycles. The third-order valence-electron chi connectivity index (χ3n) is 2.87.